The number of rotatable bonds is 12. The molecule has 2 aromatic rings. The van der Waals surface area contributed by atoms with Gasteiger partial charge in [0, 0.05) is 25.7 Å². The first-order valence-electron chi connectivity index (χ1n) is 12.9. The quantitative estimate of drug-likeness (QED) is 0.388. The van der Waals surface area contributed by atoms with Gasteiger partial charge in [0.2, 0.25) is 17.7 Å². The highest BCUT2D eigenvalue weighted by atomic mass is 19.1. The second kappa shape index (κ2) is 13.4. The highest BCUT2D eigenvalue weighted by molar-refractivity contribution is 5.74. The molecule has 1 aromatic heterocycles. The van der Waals surface area contributed by atoms with Gasteiger partial charge in [0.05, 0.1) is 20.3 Å². The average molecular weight is 535 g/mol. The lowest BCUT2D eigenvalue weighted by Gasteiger charge is -2.32. The van der Waals surface area contributed by atoms with Crippen LogP contribution in [0.3, 0.4) is 0 Å². The Balaban J connectivity index is 1.57. The van der Waals surface area contributed by atoms with Gasteiger partial charge >= 0.3 is 12.0 Å². The Morgan fingerprint density at radius 3 is 2.21 bits per heavy atom. The van der Waals surface area contributed by atoms with E-state index in [1.165, 1.54) is 7.11 Å². The molecule has 2 N–H and O–H groups in total. The van der Waals surface area contributed by atoms with E-state index in [9.17, 15) is 9.18 Å². The fourth-order valence-electron chi connectivity index (χ4n) is 4.04. The number of nitrogens with zero attached hydrogens (tertiary/aromatic N) is 4. The predicted octanol–water partition coefficient (Wildman–Crippen LogP) is 3.65. The van der Waals surface area contributed by atoms with E-state index in [0.717, 1.165) is 31.5 Å². The van der Waals surface area contributed by atoms with Gasteiger partial charge in [0.15, 0.2) is 11.5 Å². The zero-order valence-corrected chi connectivity index (χ0v) is 23.1. The molecule has 0 amide bonds. The summed E-state index contributed by atoms with van der Waals surface area (Å²) in [5.41, 5.74) is 0.359. The fraction of sp³-hybridized carbons (Fsp3) is 0.615. The van der Waals surface area contributed by atoms with Gasteiger partial charge in [-0.25, -0.2) is 0 Å². The monoisotopic (exact) mass is 534 g/mol. The number of nitrogens with one attached hydrogen (secondary N) is 2. The van der Waals surface area contributed by atoms with Crippen molar-refractivity contribution in [2.75, 3.05) is 50.6 Å². The van der Waals surface area contributed by atoms with Crippen LogP contribution >= 0.6 is 0 Å². The lowest BCUT2D eigenvalue weighted by Crippen LogP contribution is -2.39. The van der Waals surface area contributed by atoms with Crippen molar-refractivity contribution in [1.82, 2.24) is 19.9 Å². The third kappa shape index (κ3) is 8.86. The van der Waals surface area contributed by atoms with Crippen LogP contribution in [-0.4, -0.2) is 77.4 Å². The van der Waals surface area contributed by atoms with Gasteiger partial charge in [-0.1, -0.05) is 0 Å². The molecule has 3 rings (SSSR count). The molecule has 210 valence electrons. The molecule has 0 atom stereocenters. The maximum atomic E-state index is 14.6. The minimum absolute atomic E-state index is 0.0817. The van der Waals surface area contributed by atoms with Crippen molar-refractivity contribution in [3.05, 3.63) is 23.5 Å². The zero-order chi connectivity index (χ0) is 27.7. The van der Waals surface area contributed by atoms with Crippen molar-refractivity contribution >= 4 is 17.9 Å². The van der Waals surface area contributed by atoms with Crippen LogP contribution < -0.4 is 24.8 Å². The number of ether oxygens (including phenoxy) is 4. The molecule has 1 aliphatic heterocycles. The molecule has 0 unspecified atom stereocenters. The minimum Gasteiger partial charge on any atom is -0.491 e. The number of hydrogen-bond donors (Lipinski definition) is 2. The lowest BCUT2D eigenvalue weighted by molar-refractivity contribution is -0.152. The molecular formula is C26H39FN6O5. The summed E-state index contributed by atoms with van der Waals surface area (Å²) in [6, 6.07) is 3.77. The molecule has 11 nitrogen and oxygen atoms in total. The summed E-state index contributed by atoms with van der Waals surface area (Å²) in [6.45, 7) is 12.1. The van der Waals surface area contributed by atoms with Crippen molar-refractivity contribution in [2.24, 2.45) is 0 Å². The van der Waals surface area contributed by atoms with Crippen molar-refractivity contribution in [3.63, 3.8) is 0 Å². The minimum atomic E-state index is -0.578. The van der Waals surface area contributed by atoms with E-state index in [4.69, 9.17) is 18.9 Å². The summed E-state index contributed by atoms with van der Waals surface area (Å²) in [5.74, 6) is 0.127. The summed E-state index contributed by atoms with van der Waals surface area (Å²) in [6.07, 6.45) is 1.71. The van der Waals surface area contributed by atoms with E-state index in [2.05, 4.69) is 30.5 Å². The Kier molecular flexibility index (Phi) is 10.3. The smallest absolute Gasteiger partial charge is 0.325 e. The average Bonchev–Trinajstić information content (AvgIpc) is 2.86. The number of carbonyl (C=O) groups is 1. The fourth-order valence-corrected chi connectivity index (χ4v) is 4.04. The number of halogens is 1. The highest BCUT2D eigenvalue weighted by Gasteiger charge is 2.22. The number of esters is 1. The van der Waals surface area contributed by atoms with E-state index >= 15 is 0 Å². The molecule has 0 aliphatic carbocycles. The number of anilines is 2. The molecule has 1 fully saturated rings. The van der Waals surface area contributed by atoms with Crippen LogP contribution in [-0.2, 0) is 16.1 Å². The van der Waals surface area contributed by atoms with E-state index < -0.39 is 17.4 Å². The molecule has 0 spiro atoms. The molecule has 2 heterocycles. The molecule has 1 saturated heterocycles. The van der Waals surface area contributed by atoms with Gasteiger partial charge < -0.3 is 29.6 Å². The van der Waals surface area contributed by atoms with E-state index in [0.29, 0.717) is 25.7 Å². The first kappa shape index (κ1) is 29.2. The Hall–Kier alpha value is -3.41. The largest absolute Gasteiger partial charge is 0.491 e. The van der Waals surface area contributed by atoms with Crippen molar-refractivity contribution in [2.45, 2.75) is 65.6 Å². The van der Waals surface area contributed by atoms with E-state index in [1.807, 2.05) is 13.8 Å². The van der Waals surface area contributed by atoms with Crippen molar-refractivity contribution in [3.8, 4) is 17.5 Å². The van der Waals surface area contributed by atoms with Crippen molar-refractivity contribution in [1.29, 1.82) is 0 Å². The maximum absolute atomic E-state index is 14.6. The van der Waals surface area contributed by atoms with Gasteiger partial charge in [0.1, 0.15) is 12.1 Å². The van der Waals surface area contributed by atoms with Crippen LogP contribution in [0.5, 0.6) is 17.5 Å². The maximum Gasteiger partial charge on any atom is 0.325 e. The number of piperidine rings is 1. The Labute approximate surface area is 223 Å². The van der Waals surface area contributed by atoms with Gasteiger partial charge in [-0.3, -0.25) is 9.69 Å². The molecule has 38 heavy (non-hydrogen) atoms. The second-order valence-electron chi connectivity index (χ2n) is 9.88. The van der Waals surface area contributed by atoms with Crippen LogP contribution in [0, 0.1) is 5.82 Å². The van der Waals surface area contributed by atoms with Gasteiger partial charge in [-0.15, -0.1) is 0 Å². The standard InChI is InChI=1S/C26H39FN6O5/c1-7-36-19-13-17(14-20(22(19)27)37-8-2)16-33-11-9-18(10-12-33)29-24-30-23(31-25(32-24)35-6)28-15-21(34)38-26(3,4)5/h13-14,18H,7-12,15-16H2,1-6H3,(H2,28,29,30,31,32). The Morgan fingerprint density at radius 2 is 1.66 bits per heavy atom. The molecule has 1 aliphatic rings. The lowest BCUT2D eigenvalue weighted by atomic mass is 10.0. The summed E-state index contributed by atoms with van der Waals surface area (Å²) in [5, 5.41) is 6.22. The number of aromatic nitrogens is 3. The van der Waals surface area contributed by atoms with Gasteiger partial charge in [0.25, 0.3) is 0 Å². The zero-order valence-electron chi connectivity index (χ0n) is 23.1. The molecule has 0 radical (unpaired) electrons. The molecule has 0 saturated carbocycles. The molecule has 0 bridgehead atoms. The van der Waals surface area contributed by atoms with Crippen LogP contribution in [0.2, 0.25) is 0 Å². The third-order valence-electron chi connectivity index (χ3n) is 5.60. The first-order valence-corrected chi connectivity index (χ1v) is 12.9. The second-order valence-corrected chi connectivity index (χ2v) is 9.88. The molecule has 12 heteroatoms. The normalized spacial score (nSPS) is 14.6. The molecular weight excluding hydrogens is 495 g/mol. The van der Waals surface area contributed by atoms with Crippen molar-refractivity contribution < 1.29 is 28.1 Å². The van der Waals surface area contributed by atoms with Crippen LogP contribution in [0.25, 0.3) is 0 Å². The van der Waals surface area contributed by atoms with Crippen LogP contribution in [0.1, 0.15) is 53.0 Å². The highest BCUT2D eigenvalue weighted by Crippen LogP contribution is 2.30. The van der Waals surface area contributed by atoms with Crippen LogP contribution in [0.4, 0.5) is 16.3 Å². The van der Waals surface area contributed by atoms with E-state index in [-0.39, 0.29) is 36.0 Å². The third-order valence-corrected chi connectivity index (χ3v) is 5.60. The summed E-state index contributed by atoms with van der Waals surface area (Å²) in [4.78, 5) is 27.2. The summed E-state index contributed by atoms with van der Waals surface area (Å²) >= 11 is 0. The Morgan fingerprint density at radius 1 is 1.05 bits per heavy atom. The van der Waals surface area contributed by atoms with Gasteiger partial charge in [-0.2, -0.15) is 19.3 Å². The SMILES string of the molecule is CCOc1cc(CN2CCC(Nc3nc(NCC(=O)OC(C)(C)C)nc(OC)n3)CC2)cc(OCC)c1F. The first-order chi connectivity index (χ1) is 18.1. The molecule has 1 aromatic carbocycles. The van der Waals surface area contributed by atoms with Gasteiger partial charge in [-0.05, 0) is 65.2 Å². The van der Waals surface area contributed by atoms with E-state index in [1.54, 1.807) is 32.9 Å². The summed E-state index contributed by atoms with van der Waals surface area (Å²) < 4.78 is 36.0. The summed E-state index contributed by atoms with van der Waals surface area (Å²) in [7, 11) is 1.47. The predicted molar refractivity (Wildman–Crippen MR) is 141 cm³/mol. The number of likely N-dealkylation sites (tertiary alicyclic amines) is 1. The number of benzene rings is 1. The Bertz CT molecular complexity index is 1050. The van der Waals surface area contributed by atoms with Crippen LogP contribution in [0.15, 0.2) is 12.1 Å². The number of hydrogen-bond acceptors (Lipinski definition) is 11. The topological polar surface area (TPSA) is 120 Å². The number of methoxy groups -OCH3 is 1. The number of carbonyl (C=O) groups excluding carboxylic acids is 1.